The van der Waals surface area contributed by atoms with Crippen molar-refractivity contribution in [1.29, 1.82) is 0 Å². The van der Waals surface area contributed by atoms with E-state index in [1.807, 2.05) is 46.4 Å². The number of esters is 1. The lowest BCUT2D eigenvalue weighted by atomic mass is 10.2. The average Bonchev–Trinajstić information content (AvgIpc) is 2.83. The highest BCUT2D eigenvalue weighted by Gasteiger charge is 2.28. The standard InChI is InChI=1S/C17H32N4O4.HI/c1-16(2,3)24-13(22)10-19-14(18-7)21-9-8-12(11-21)20-15(23)25-17(4,5)6;/h12H,8-11H2,1-7H3,(H,18,19)(H,20,23);1H/t12-;/m1./s1. The van der Waals surface area contributed by atoms with Gasteiger partial charge in [0.25, 0.3) is 0 Å². The topological polar surface area (TPSA) is 92.3 Å². The van der Waals surface area contributed by atoms with Crippen molar-refractivity contribution in [2.45, 2.75) is 65.2 Å². The summed E-state index contributed by atoms with van der Waals surface area (Å²) in [5.74, 6) is 0.274. The molecule has 0 aromatic rings. The van der Waals surface area contributed by atoms with Gasteiger partial charge in [-0.2, -0.15) is 0 Å². The first-order chi connectivity index (χ1) is 11.4. The van der Waals surface area contributed by atoms with E-state index in [0.29, 0.717) is 12.5 Å². The molecule has 0 aromatic heterocycles. The van der Waals surface area contributed by atoms with Crippen molar-refractivity contribution < 1.29 is 19.1 Å². The highest BCUT2D eigenvalue weighted by Crippen LogP contribution is 2.12. The monoisotopic (exact) mass is 484 g/mol. The van der Waals surface area contributed by atoms with Crippen LogP contribution in [0.25, 0.3) is 0 Å². The van der Waals surface area contributed by atoms with E-state index in [-0.39, 0.29) is 42.5 Å². The number of amides is 1. The lowest BCUT2D eigenvalue weighted by Crippen LogP contribution is -2.45. The minimum atomic E-state index is -0.520. The first-order valence-corrected chi connectivity index (χ1v) is 8.56. The number of hydrogen-bond acceptors (Lipinski definition) is 5. The molecule has 0 saturated carbocycles. The molecular formula is C17H33IN4O4. The number of likely N-dealkylation sites (tertiary alicyclic amines) is 1. The maximum absolute atomic E-state index is 11.8. The molecule has 1 heterocycles. The Morgan fingerprint density at radius 3 is 2.19 bits per heavy atom. The van der Waals surface area contributed by atoms with Crippen molar-refractivity contribution in [2.75, 3.05) is 26.7 Å². The second-order valence-corrected chi connectivity index (χ2v) is 8.07. The quantitative estimate of drug-likeness (QED) is 0.276. The smallest absolute Gasteiger partial charge is 0.407 e. The molecule has 1 saturated heterocycles. The number of nitrogens with zero attached hydrogens (tertiary/aromatic N) is 2. The number of carbonyl (C=O) groups excluding carboxylic acids is 2. The molecule has 9 heteroatoms. The van der Waals surface area contributed by atoms with Gasteiger partial charge in [0.05, 0.1) is 6.04 Å². The Balaban J connectivity index is 0.00000625. The Bertz CT molecular complexity index is 512. The second-order valence-electron chi connectivity index (χ2n) is 8.07. The molecule has 8 nitrogen and oxygen atoms in total. The van der Waals surface area contributed by atoms with Gasteiger partial charge in [-0.3, -0.25) is 9.79 Å². The van der Waals surface area contributed by atoms with Crippen molar-refractivity contribution in [3.8, 4) is 0 Å². The van der Waals surface area contributed by atoms with E-state index in [4.69, 9.17) is 9.47 Å². The molecule has 0 aliphatic carbocycles. The molecule has 0 bridgehead atoms. The van der Waals surface area contributed by atoms with Crippen molar-refractivity contribution in [1.82, 2.24) is 15.5 Å². The maximum atomic E-state index is 11.8. The summed E-state index contributed by atoms with van der Waals surface area (Å²) in [6, 6.07) is -0.0186. The average molecular weight is 484 g/mol. The predicted octanol–water partition coefficient (Wildman–Crippen LogP) is 2.12. The number of alkyl carbamates (subject to hydrolysis) is 1. The molecule has 1 atom stereocenters. The zero-order chi connectivity index (χ0) is 19.3. The van der Waals surface area contributed by atoms with Crippen LogP contribution in [0.4, 0.5) is 4.79 Å². The van der Waals surface area contributed by atoms with Crippen LogP contribution in [0, 0.1) is 0 Å². The van der Waals surface area contributed by atoms with Gasteiger partial charge in [-0.15, -0.1) is 24.0 Å². The Morgan fingerprint density at radius 2 is 1.69 bits per heavy atom. The van der Waals surface area contributed by atoms with Crippen LogP contribution < -0.4 is 10.6 Å². The van der Waals surface area contributed by atoms with E-state index in [1.54, 1.807) is 7.05 Å². The molecule has 0 unspecified atom stereocenters. The molecule has 0 aromatic carbocycles. The lowest BCUT2D eigenvalue weighted by Gasteiger charge is -2.24. The van der Waals surface area contributed by atoms with E-state index < -0.39 is 17.3 Å². The maximum Gasteiger partial charge on any atom is 0.407 e. The van der Waals surface area contributed by atoms with Gasteiger partial charge in [-0.1, -0.05) is 0 Å². The van der Waals surface area contributed by atoms with Crippen LogP contribution in [0.2, 0.25) is 0 Å². The van der Waals surface area contributed by atoms with Crippen molar-refractivity contribution in [3.63, 3.8) is 0 Å². The summed E-state index contributed by atoms with van der Waals surface area (Å²) in [5.41, 5.74) is -1.04. The number of carbonyl (C=O) groups is 2. The minimum Gasteiger partial charge on any atom is -0.459 e. The zero-order valence-corrected chi connectivity index (χ0v) is 19.2. The number of nitrogens with one attached hydrogen (secondary N) is 2. The normalized spacial score (nSPS) is 18.0. The summed E-state index contributed by atoms with van der Waals surface area (Å²) in [7, 11) is 1.66. The van der Waals surface area contributed by atoms with Gasteiger partial charge >= 0.3 is 12.1 Å². The number of rotatable bonds is 3. The number of ether oxygens (including phenoxy) is 2. The van der Waals surface area contributed by atoms with Crippen LogP contribution in [0.1, 0.15) is 48.0 Å². The van der Waals surface area contributed by atoms with E-state index in [2.05, 4.69) is 15.6 Å². The SMILES string of the molecule is CN=C(NCC(=O)OC(C)(C)C)N1CC[C@@H](NC(=O)OC(C)(C)C)C1.I. The molecule has 1 aliphatic rings. The van der Waals surface area contributed by atoms with Crippen LogP contribution in [0.15, 0.2) is 4.99 Å². The summed E-state index contributed by atoms with van der Waals surface area (Å²) in [6.45, 7) is 12.3. The fourth-order valence-corrected chi connectivity index (χ4v) is 2.41. The fourth-order valence-electron chi connectivity index (χ4n) is 2.41. The Kier molecular flexibility index (Phi) is 9.68. The molecule has 1 fully saturated rings. The van der Waals surface area contributed by atoms with E-state index in [1.165, 1.54) is 0 Å². The summed E-state index contributed by atoms with van der Waals surface area (Å²) in [6.07, 6.45) is 0.364. The van der Waals surface area contributed by atoms with Crippen molar-refractivity contribution >= 4 is 42.0 Å². The minimum absolute atomic E-state index is 0. The third kappa shape index (κ3) is 10.0. The second kappa shape index (κ2) is 10.2. The summed E-state index contributed by atoms with van der Waals surface area (Å²) >= 11 is 0. The van der Waals surface area contributed by atoms with Gasteiger partial charge in [0, 0.05) is 20.1 Å². The third-order valence-electron chi connectivity index (χ3n) is 3.23. The largest absolute Gasteiger partial charge is 0.459 e. The van der Waals surface area contributed by atoms with Crippen LogP contribution >= 0.6 is 24.0 Å². The summed E-state index contributed by atoms with van der Waals surface area (Å²) in [4.78, 5) is 29.8. The highest BCUT2D eigenvalue weighted by atomic mass is 127. The number of guanidine groups is 1. The Hall–Kier alpha value is -1.26. The van der Waals surface area contributed by atoms with Crippen LogP contribution in [-0.2, 0) is 14.3 Å². The molecule has 152 valence electrons. The van der Waals surface area contributed by atoms with Gasteiger partial charge in [0.2, 0.25) is 0 Å². The van der Waals surface area contributed by atoms with Crippen LogP contribution in [-0.4, -0.2) is 66.8 Å². The van der Waals surface area contributed by atoms with Crippen LogP contribution in [0.3, 0.4) is 0 Å². The molecule has 26 heavy (non-hydrogen) atoms. The number of halogens is 1. The third-order valence-corrected chi connectivity index (χ3v) is 3.23. The van der Waals surface area contributed by atoms with Gasteiger partial charge in [-0.05, 0) is 48.0 Å². The van der Waals surface area contributed by atoms with Crippen LogP contribution in [0.5, 0.6) is 0 Å². The predicted molar refractivity (Wildman–Crippen MR) is 112 cm³/mol. The Labute approximate surface area is 173 Å². The highest BCUT2D eigenvalue weighted by molar-refractivity contribution is 14.0. The number of hydrogen-bond donors (Lipinski definition) is 2. The molecule has 1 aliphatic heterocycles. The van der Waals surface area contributed by atoms with E-state index in [0.717, 1.165) is 13.0 Å². The Morgan fingerprint density at radius 1 is 1.12 bits per heavy atom. The fraction of sp³-hybridized carbons (Fsp3) is 0.824. The van der Waals surface area contributed by atoms with Crippen molar-refractivity contribution in [3.05, 3.63) is 0 Å². The first-order valence-electron chi connectivity index (χ1n) is 8.56. The molecule has 2 N–H and O–H groups in total. The zero-order valence-electron chi connectivity index (χ0n) is 16.8. The molecular weight excluding hydrogens is 451 g/mol. The van der Waals surface area contributed by atoms with Crippen molar-refractivity contribution in [2.24, 2.45) is 4.99 Å². The molecule has 1 amide bonds. The molecule has 1 rings (SSSR count). The lowest BCUT2D eigenvalue weighted by molar-refractivity contribution is -0.153. The van der Waals surface area contributed by atoms with Gasteiger partial charge in [-0.25, -0.2) is 4.79 Å². The van der Waals surface area contributed by atoms with Gasteiger partial charge in [0.1, 0.15) is 17.7 Å². The van der Waals surface area contributed by atoms with Gasteiger partial charge in [0.15, 0.2) is 5.96 Å². The first kappa shape index (κ1) is 24.7. The van der Waals surface area contributed by atoms with E-state index in [9.17, 15) is 9.59 Å². The summed E-state index contributed by atoms with van der Waals surface area (Å²) in [5, 5.41) is 5.87. The van der Waals surface area contributed by atoms with Gasteiger partial charge < -0.3 is 25.0 Å². The molecule has 0 radical (unpaired) electrons. The summed E-state index contributed by atoms with van der Waals surface area (Å²) < 4.78 is 10.5. The number of aliphatic imine (C=N–C) groups is 1. The molecule has 0 spiro atoms. The van der Waals surface area contributed by atoms with E-state index >= 15 is 0 Å².